The zero-order chi connectivity index (χ0) is 21.8. The summed E-state index contributed by atoms with van der Waals surface area (Å²) >= 11 is 0. The lowest BCUT2D eigenvalue weighted by molar-refractivity contribution is -0.128. The summed E-state index contributed by atoms with van der Waals surface area (Å²) < 4.78 is 14.1. The molecule has 0 bridgehead atoms. The molecule has 0 saturated carbocycles. The number of hydrogen-bond acceptors (Lipinski definition) is 3. The predicted octanol–water partition coefficient (Wildman–Crippen LogP) is 3.34. The number of Topliss-reactive ketones (excluding diaryl/α,β-unsaturated/α-hetero) is 1. The molecule has 0 aliphatic rings. The van der Waals surface area contributed by atoms with Crippen LogP contribution in [0.1, 0.15) is 57.2 Å². The van der Waals surface area contributed by atoms with Crippen LogP contribution in [0.5, 0.6) is 0 Å². The summed E-state index contributed by atoms with van der Waals surface area (Å²) in [6.07, 6.45) is 1.70. The second-order valence-corrected chi connectivity index (χ2v) is 8.36. The van der Waals surface area contributed by atoms with E-state index in [-0.39, 0.29) is 11.0 Å². The van der Waals surface area contributed by atoms with Crippen LogP contribution in [0.3, 0.4) is 0 Å². The molecule has 0 saturated heterocycles. The minimum Gasteiger partial charge on any atom is -0.346 e. The summed E-state index contributed by atoms with van der Waals surface area (Å²) in [5, 5.41) is 2.48. The van der Waals surface area contributed by atoms with Crippen LogP contribution in [0, 0.1) is 0 Å². The number of pyridine rings is 1. The summed E-state index contributed by atoms with van der Waals surface area (Å²) in [5.41, 5.74) is 2.20. The van der Waals surface area contributed by atoms with Crippen molar-refractivity contribution in [1.82, 2.24) is 9.88 Å². The highest BCUT2D eigenvalue weighted by Crippen LogP contribution is 2.26. The van der Waals surface area contributed by atoms with E-state index in [9.17, 15) is 18.8 Å². The number of nitrogens with one attached hydrogen (secondary N) is 1. The topological polar surface area (TPSA) is 68.2 Å². The standard InChI is InChI=1S/C23H29FN2O3/c1-15(21(28)25-16(2)20(27)13-24)18-10-8-12-26(22(18)29)14-17-9-6-7-11-19(17)23(3,4)5/h6-12,15-16H,13-14H2,1-5H3,(H,25,28). The molecule has 0 aliphatic heterocycles. The van der Waals surface area contributed by atoms with Crippen LogP contribution in [0.25, 0.3) is 0 Å². The van der Waals surface area contributed by atoms with Crippen LogP contribution in [-0.4, -0.2) is 29.0 Å². The third kappa shape index (κ3) is 5.40. The monoisotopic (exact) mass is 400 g/mol. The number of hydrogen-bond donors (Lipinski definition) is 1. The van der Waals surface area contributed by atoms with Crippen molar-refractivity contribution in [2.24, 2.45) is 0 Å². The van der Waals surface area contributed by atoms with E-state index in [0.29, 0.717) is 12.1 Å². The number of halogens is 1. The Bertz CT molecular complexity index is 944. The Morgan fingerprint density at radius 3 is 2.38 bits per heavy atom. The molecular weight excluding hydrogens is 371 g/mol. The highest BCUT2D eigenvalue weighted by molar-refractivity contribution is 5.91. The Morgan fingerprint density at radius 2 is 1.76 bits per heavy atom. The molecule has 0 spiro atoms. The van der Waals surface area contributed by atoms with Gasteiger partial charge in [0.2, 0.25) is 5.91 Å². The molecule has 2 unspecified atom stereocenters. The molecule has 156 valence electrons. The number of carbonyl (C=O) groups excluding carboxylic acids is 2. The van der Waals surface area contributed by atoms with E-state index < -0.39 is 30.3 Å². The van der Waals surface area contributed by atoms with Crippen molar-refractivity contribution in [3.05, 3.63) is 69.6 Å². The van der Waals surface area contributed by atoms with Crippen LogP contribution < -0.4 is 10.9 Å². The highest BCUT2D eigenvalue weighted by Gasteiger charge is 2.23. The van der Waals surface area contributed by atoms with Gasteiger partial charge in [-0.25, -0.2) is 4.39 Å². The molecule has 1 heterocycles. The van der Waals surface area contributed by atoms with Gasteiger partial charge in [-0.2, -0.15) is 0 Å². The van der Waals surface area contributed by atoms with Gasteiger partial charge in [0.05, 0.1) is 18.5 Å². The van der Waals surface area contributed by atoms with Gasteiger partial charge >= 0.3 is 0 Å². The first-order valence-corrected chi connectivity index (χ1v) is 9.73. The summed E-state index contributed by atoms with van der Waals surface area (Å²) in [6.45, 7) is 8.66. The maximum atomic E-state index is 13.0. The first-order valence-electron chi connectivity index (χ1n) is 9.73. The van der Waals surface area contributed by atoms with Crippen LogP contribution in [-0.2, 0) is 21.5 Å². The third-order valence-corrected chi connectivity index (χ3v) is 5.05. The van der Waals surface area contributed by atoms with E-state index in [2.05, 4.69) is 32.2 Å². The Hall–Kier alpha value is -2.76. The Kier molecular flexibility index (Phi) is 7.11. The fourth-order valence-electron chi connectivity index (χ4n) is 3.26. The number of benzene rings is 1. The average Bonchev–Trinajstić information content (AvgIpc) is 2.67. The molecule has 1 amide bonds. The summed E-state index contributed by atoms with van der Waals surface area (Å²) in [7, 11) is 0. The number of aromatic nitrogens is 1. The number of nitrogens with zero attached hydrogens (tertiary/aromatic N) is 1. The predicted molar refractivity (Wildman–Crippen MR) is 112 cm³/mol. The molecule has 2 atom stereocenters. The zero-order valence-electron chi connectivity index (χ0n) is 17.7. The molecule has 0 aliphatic carbocycles. The van der Waals surface area contributed by atoms with Gasteiger partial charge in [-0.15, -0.1) is 0 Å². The van der Waals surface area contributed by atoms with E-state index in [0.717, 1.165) is 11.1 Å². The first kappa shape index (κ1) is 22.5. The lowest BCUT2D eigenvalue weighted by Gasteiger charge is -2.23. The van der Waals surface area contributed by atoms with Crippen molar-refractivity contribution >= 4 is 11.7 Å². The fourth-order valence-corrected chi connectivity index (χ4v) is 3.26. The van der Waals surface area contributed by atoms with Crippen molar-refractivity contribution in [3.8, 4) is 0 Å². The quantitative estimate of drug-likeness (QED) is 0.775. The van der Waals surface area contributed by atoms with Gasteiger partial charge in [0, 0.05) is 11.8 Å². The molecule has 0 fully saturated rings. The summed E-state index contributed by atoms with van der Waals surface area (Å²) in [4.78, 5) is 36.8. The molecule has 29 heavy (non-hydrogen) atoms. The van der Waals surface area contributed by atoms with Crippen LogP contribution in [0.15, 0.2) is 47.4 Å². The normalized spacial score (nSPS) is 13.6. The first-order chi connectivity index (χ1) is 13.6. The molecular formula is C23H29FN2O3. The van der Waals surface area contributed by atoms with E-state index in [4.69, 9.17) is 0 Å². The molecule has 2 rings (SSSR count). The largest absolute Gasteiger partial charge is 0.346 e. The summed E-state index contributed by atoms with van der Waals surface area (Å²) in [5.74, 6) is -1.94. The van der Waals surface area contributed by atoms with Crippen LogP contribution >= 0.6 is 0 Å². The van der Waals surface area contributed by atoms with Crippen molar-refractivity contribution in [2.45, 2.75) is 58.5 Å². The number of ketones is 1. The van der Waals surface area contributed by atoms with Gasteiger partial charge in [0.25, 0.3) is 5.56 Å². The van der Waals surface area contributed by atoms with Gasteiger partial charge in [-0.05, 0) is 36.5 Å². The van der Waals surface area contributed by atoms with Gasteiger partial charge < -0.3 is 9.88 Å². The van der Waals surface area contributed by atoms with Crippen molar-refractivity contribution in [3.63, 3.8) is 0 Å². The lowest BCUT2D eigenvalue weighted by atomic mass is 9.84. The van der Waals surface area contributed by atoms with E-state index in [1.807, 2.05) is 18.2 Å². The number of carbonyl (C=O) groups is 2. The van der Waals surface area contributed by atoms with E-state index >= 15 is 0 Å². The molecule has 1 N–H and O–H groups in total. The Balaban J connectivity index is 2.30. The van der Waals surface area contributed by atoms with Gasteiger partial charge in [0.1, 0.15) is 6.67 Å². The van der Waals surface area contributed by atoms with Gasteiger partial charge in [-0.3, -0.25) is 14.4 Å². The Labute approximate surface area is 170 Å². The smallest absolute Gasteiger partial charge is 0.254 e. The number of amides is 1. The SMILES string of the molecule is CC(NC(=O)C(C)c1cccn(Cc2ccccc2C(C)(C)C)c1=O)C(=O)CF. The second-order valence-electron chi connectivity index (χ2n) is 8.36. The van der Waals surface area contributed by atoms with E-state index in [1.54, 1.807) is 29.8 Å². The van der Waals surface area contributed by atoms with Crippen molar-refractivity contribution in [1.29, 1.82) is 0 Å². The highest BCUT2D eigenvalue weighted by atomic mass is 19.1. The molecule has 2 aromatic rings. The molecule has 1 aromatic heterocycles. The summed E-state index contributed by atoms with van der Waals surface area (Å²) in [6, 6.07) is 10.4. The lowest BCUT2D eigenvalue weighted by Crippen LogP contribution is -2.42. The van der Waals surface area contributed by atoms with Gasteiger partial charge in [-0.1, -0.05) is 51.1 Å². The minimum absolute atomic E-state index is 0.0654. The van der Waals surface area contributed by atoms with E-state index in [1.165, 1.54) is 6.92 Å². The number of rotatable bonds is 7. The molecule has 0 radical (unpaired) electrons. The fraction of sp³-hybridized carbons (Fsp3) is 0.435. The van der Waals surface area contributed by atoms with Crippen molar-refractivity contribution in [2.75, 3.05) is 6.67 Å². The maximum absolute atomic E-state index is 13.0. The minimum atomic E-state index is -1.14. The third-order valence-electron chi connectivity index (χ3n) is 5.05. The van der Waals surface area contributed by atoms with Crippen LogP contribution in [0.4, 0.5) is 4.39 Å². The molecule has 5 nitrogen and oxygen atoms in total. The maximum Gasteiger partial charge on any atom is 0.254 e. The zero-order valence-corrected chi connectivity index (χ0v) is 17.7. The number of alkyl halides is 1. The second kappa shape index (κ2) is 9.16. The van der Waals surface area contributed by atoms with Crippen molar-refractivity contribution < 1.29 is 14.0 Å². The molecule has 1 aromatic carbocycles. The van der Waals surface area contributed by atoms with Gasteiger partial charge in [0.15, 0.2) is 5.78 Å². The Morgan fingerprint density at radius 1 is 1.10 bits per heavy atom. The average molecular weight is 400 g/mol. The van der Waals surface area contributed by atoms with Crippen LogP contribution in [0.2, 0.25) is 0 Å². The molecule has 6 heteroatoms.